The predicted octanol–water partition coefficient (Wildman–Crippen LogP) is 3.17. The summed E-state index contributed by atoms with van der Waals surface area (Å²) in [6.07, 6.45) is 2.64. The van der Waals surface area contributed by atoms with E-state index >= 15 is 0 Å². The van der Waals surface area contributed by atoms with Crippen LogP contribution in [-0.2, 0) is 22.4 Å². The van der Waals surface area contributed by atoms with Crippen LogP contribution >= 0.6 is 11.3 Å². The van der Waals surface area contributed by atoms with Gasteiger partial charge in [0.1, 0.15) is 10.8 Å². The van der Waals surface area contributed by atoms with Crippen molar-refractivity contribution in [3.05, 3.63) is 45.8 Å². The summed E-state index contributed by atoms with van der Waals surface area (Å²) in [4.78, 5) is 37.2. The van der Waals surface area contributed by atoms with Crippen LogP contribution in [0.1, 0.15) is 51.4 Å². The minimum Gasteiger partial charge on any atom is -0.493 e. The van der Waals surface area contributed by atoms with Crippen LogP contribution in [0.3, 0.4) is 0 Å². The molecule has 0 radical (unpaired) electrons. The van der Waals surface area contributed by atoms with Gasteiger partial charge in [0, 0.05) is 4.88 Å². The number of nitrogens with two attached hydrogens (primary N) is 1. The Morgan fingerprint density at radius 2 is 1.90 bits per heavy atom. The molecule has 3 rings (SSSR count). The molecular formula is C21H24N2O5S. The van der Waals surface area contributed by atoms with E-state index in [2.05, 4.69) is 5.32 Å². The van der Waals surface area contributed by atoms with Crippen molar-refractivity contribution in [3.63, 3.8) is 0 Å². The predicted molar refractivity (Wildman–Crippen MR) is 111 cm³/mol. The summed E-state index contributed by atoms with van der Waals surface area (Å²) in [5.41, 5.74) is 7.10. The normalized spacial score (nSPS) is 12.5. The summed E-state index contributed by atoms with van der Waals surface area (Å²) in [5.74, 6) is -0.621. The number of primary amides is 1. The molecule has 1 aromatic carbocycles. The molecule has 0 bridgehead atoms. The molecule has 0 spiro atoms. The van der Waals surface area contributed by atoms with E-state index in [0.29, 0.717) is 34.4 Å². The first kappa shape index (κ1) is 20.9. The smallest absolute Gasteiger partial charge is 0.338 e. The topological polar surface area (TPSA) is 108 Å². The molecule has 1 aromatic heterocycles. The molecule has 7 nitrogen and oxygen atoms in total. The van der Waals surface area contributed by atoms with Gasteiger partial charge in [0.05, 0.1) is 17.7 Å². The van der Waals surface area contributed by atoms with Crippen LogP contribution in [-0.4, -0.2) is 31.0 Å². The van der Waals surface area contributed by atoms with Gasteiger partial charge < -0.3 is 20.5 Å². The zero-order chi connectivity index (χ0) is 21.0. The van der Waals surface area contributed by atoms with Gasteiger partial charge in [-0.25, -0.2) is 4.79 Å². The van der Waals surface area contributed by atoms with Crippen LogP contribution in [0.25, 0.3) is 0 Å². The Hall–Kier alpha value is -2.87. The van der Waals surface area contributed by atoms with Gasteiger partial charge in [-0.05, 0) is 55.0 Å². The first-order valence-corrected chi connectivity index (χ1v) is 10.3. The fourth-order valence-electron chi connectivity index (χ4n) is 3.08. The molecule has 1 aliphatic carbocycles. The van der Waals surface area contributed by atoms with Crippen molar-refractivity contribution >= 4 is 34.1 Å². The molecule has 0 unspecified atom stereocenters. The Bertz CT molecular complexity index is 918. The SMILES string of the molecule is CC(C)COc1ccc(C(=O)OCC(=O)Nc2sc3c(c2C(N)=O)CCC3)cc1. The summed E-state index contributed by atoms with van der Waals surface area (Å²) in [6, 6.07) is 6.55. The standard InChI is InChI=1S/C21H24N2O5S/c1-12(2)10-27-14-8-6-13(7-9-14)21(26)28-11-17(24)23-20-18(19(22)25)15-4-3-5-16(15)29-20/h6-9,12H,3-5,10-11H2,1-2H3,(H2,22,25)(H,23,24). The van der Waals surface area contributed by atoms with E-state index < -0.39 is 24.4 Å². The number of nitrogens with one attached hydrogen (secondary N) is 1. The lowest BCUT2D eigenvalue weighted by atomic mass is 10.1. The highest BCUT2D eigenvalue weighted by Gasteiger charge is 2.26. The maximum absolute atomic E-state index is 12.2. The maximum Gasteiger partial charge on any atom is 0.338 e. The van der Waals surface area contributed by atoms with Crippen molar-refractivity contribution in [2.75, 3.05) is 18.5 Å². The third-order valence-electron chi connectivity index (χ3n) is 4.43. The number of aryl methyl sites for hydroxylation is 1. The molecule has 0 atom stereocenters. The van der Waals surface area contributed by atoms with Crippen LogP contribution in [0.2, 0.25) is 0 Å². The monoisotopic (exact) mass is 416 g/mol. The van der Waals surface area contributed by atoms with E-state index in [9.17, 15) is 14.4 Å². The summed E-state index contributed by atoms with van der Waals surface area (Å²) >= 11 is 1.36. The molecule has 0 aliphatic heterocycles. The first-order valence-electron chi connectivity index (χ1n) is 9.49. The van der Waals surface area contributed by atoms with Gasteiger partial charge in [-0.2, -0.15) is 0 Å². The minimum absolute atomic E-state index is 0.322. The van der Waals surface area contributed by atoms with Crippen molar-refractivity contribution in [3.8, 4) is 5.75 Å². The molecule has 0 fully saturated rings. The number of hydrogen-bond donors (Lipinski definition) is 2. The third kappa shape index (κ3) is 5.14. The van der Waals surface area contributed by atoms with Gasteiger partial charge in [0.25, 0.3) is 11.8 Å². The summed E-state index contributed by atoms with van der Waals surface area (Å²) in [7, 11) is 0. The Balaban J connectivity index is 1.54. The number of carbonyl (C=O) groups is 3. The molecule has 0 saturated heterocycles. The van der Waals surface area contributed by atoms with Gasteiger partial charge in [-0.15, -0.1) is 11.3 Å². The van der Waals surface area contributed by atoms with Gasteiger partial charge in [-0.1, -0.05) is 13.8 Å². The first-order chi connectivity index (χ1) is 13.8. The van der Waals surface area contributed by atoms with Crippen molar-refractivity contribution in [2.24, 2.45) is 11.7 Å². The number of hydrogen-bond acceptors (Lipinski definition) is 6. The lowest BCUT2D eigenvalue weighted by Gasteiger charge is -2.09. The van der Waals surface area contributed by atoms with Crippen molar-refractivity contribution in [1.29, 1.82) is 0 Å². The number of carbonyl (C=O) groups excluding carboxylic acids is 3. The van der Waals surface area contributed by atoms with Crippen molar-refractivity contribution < 1.29 is 23.9 Å². The van der Waals surface area contributed by atoms with Crippen LogP contribution in [0.15, 0.2) is 24.3 Å². The maximum atomic E-state index is 12.2. The Morgan fingerprint density at radius 3 is 2.55 bits per heavy atom. The average molecular weight is 416 g/mol. The number of esters is 1. The molecule has 3 N–H and O–H groups in total. The Morgan fingerprint density at radius 1 is 1.17 bits per heavy atom. The number of rotatable bonds is 8. The second-order valence-electron chi connectivity index (χ2n) is 7.28. The highest BCUT2D eigenvalue weighted by molar-refractivity contribution is 7.17. The minimum atomic E-state index is -0.612. The molecular weight excluding hydrogens is 392 g/mol. The molecule has 1 aliphatic rings. The molecule has 0 saturated carbocycles. The zero-order valence-electron chi connectivity index (χ0n) is 16.4. The molecule has 1 heterocycles. The van der Waals surface area contributed by atoms with E-state index in [0.717, 1.165) is 29.7 Å². The number of amides is 2. The molecule has 154 valence electrons. The highest BCUT2D eigenvalue weighted by Crippen LogP contribution is 2.38. The largest absolute Gasteiger partial charge is 0.493 e. The van der Waals surface area contributed by atoms with Gasteiger partial charge in [-0.3, -0.25) is 9.59 Å². The lowest BCUT2D eigenvalue weighted by molar-refractivity contribution is -0.119. The fourth-order valence-corrected chi connectivity index (χ4v) is 4.39. The third-order valence-corrected chi connectivity index (χ3v) is 5.64. The fraction of sp³-hybridized carbons (Fsp3) is 0.381. The van der Waals surface area contributed by atoms with Gasteiger partial charge in [0.15, 0.2) is 6.61 Å². The van der Waals surface area contributed by atoms with E-state index in [1.807, 2.05) is 13.8 Å². The van der Waals surface area contributed by atoms with Crippen molar-refractivity contribution in [2.45, 2.75) is 33.1 Å². The highest BCUT2D eigenvalue weighted by atomic mass is 32.1. The number of thiophene rings is 1. The zero-order valence-corrected chi connectivity index (χ0v) is 17.3. The van der Waals surface area contributed by atoms with E-state index in [1.165, 1.54) is 11.3 Å². The van der Waals surface area contributed by atoms with E-state index in [4.69, 9.17) is 15.2 Å². The lowest BCUT2D eigenvalue weighted by Crippen LogP contribution is -2.22. The van der Waals surface area contributed by atoms with Crippen LogP contribution < -0.4 is 15.8 Å². The average Bonchev–Trinajstić information content (AvgIpc) is 3.25. The second kappa shape index (κ2) is 9.09. The molecule has 2 aromatic rings. The van der Waals surface area contributed by atoms with Crippen LogP contribution in [0, 0.1) is 5.92 Å². The Labute approximate surface area is 173 Å². The van der Waals surface area contributed by atoms with E-state index in [1.54, 1.807) is 24.3 Å². The number of anilines is 1. The number of benzene rings is 1. The summed E-state index contributed by atoms with van der Waals surface area (Å²) < 4.78 is 10.6. The number of ether oxygens (including phenoxy) is 2. The summed E-state index contributed by atoms with van der Waals surface area (Å²) in [5, 5.41) is 3.07. The van der Waals surface area contributed by atoms with Gasteiger partial charge >= 0.3 is 5.97 Å². The summed E-state index contributed by atoms with van der Waals surface area (Å²) in [6.45, 7) is 4.23. The van der Waals surface area contributed by atoms with Crippen LogP contribution in [0.5, 0.6) is 5.75 Å². The quantitative estimate of drug-likeness (QED) is 0.643. The molecule has 29 heavy (non-hydrogen) atoms. The molecule has 8 heteroatoms. The van der Waals surface area contributed by atoms with Crippen molar-refractivity contribution in [1.82, 2.24) is 0 Å². The molecule has 2 amide bonds. The van der Waals surface area contributed by atoms with Crippen LogP contribution in [0.4, 0.5) is 5.00 Å². The van der Waals surface area contributed by atoms with Gasteiger partial charge in [0.2, 0.25) is 0 Å². The second-order valence-corrected chi connectivity index (χ2v) is 8.38. The Kier molecular flexibility index (Phi) is 6.53. The van der Waals surface area contributed by atoms with E-state index in [-0.39, 0.29) is 0 Å². The number of fused-ring (bicyclic) bond motifs is 1.